The molecule has 16 heavy (non-hydrogen) atoms. The number of rotatable bonds is 5. The van der Waals surface area contributed by atoms with Gasteiger partial charge in [0.25, 0.3) is 0 Å². The van der Waals surface area contributed by atoms with Crippen molar-refractivity contribution < 1.29 is 9.21 Å². The van der Waals surface area contributed by atoms with E-state index < -0.39 is 0 Å². The zero-order valence-corrected chi connectivity index (χ0v) is 10.1. The summed E-state index contributed by atoms with van der Waals surface area (Å²) in [6, 6.07) is 3.44. The van der Waals surface area contributed by atoms with Gasteiger partial charge in [-0.25, -0.2) is 0 Å². The average Bonchev–Trinajstić information content (AvgIpc) is 2.69. The highest BCUT2D eigenvalue weighted by atomic mass is 16.3. The molecule has 1 heterocycles. The Morgan fingerprint density at radius 3 is 2.69 bits per heavy atom. The molecule has 0 aliphatic heterocycles. The van der Waals surface area contributed by atoms with Crippen LogP contribution in [0.5, 0.6) is 0 Å². The minimum atomic E-state index is -0.109. The number of carbonyl (C=O) groups excluding carboxylic acids is 1. The fraction of sp³-hybridized carbons (Fsp3) is 0.583. The summed E-state index contributed by atoms with van der Waals surface area (Å²) in [7, 11) is 0. The molecule has 0 fully saturated rings. The Balaban J connectivity index is 2.40. The first-order valence-corrected chi connectivity index (χ1v) is 5.59. The standard InChI is InChI=1S/C12H20N2O2/c1-8(2)10(13)7-12(15)14-9(3)11-5-4-6-16-11/h4-6,8-10H,7,13H2,1-3H3,(H,14,15). The maximum atomic E-state index is 11.6. The highest BCUT2D eigenvalue weighted by Crippen LogP contribution is 2.12. The van der Waals surface area contributed by atoms with E-state index in [2.05, 4.69) is 5.32 Å². The molecule has 0 radical (unpaired) electrons. The molecule has 0 spiro atoms. The third-order valence-corrected chi connectivity index (χ3v) is 2.62. The quantitative estimate of drug-likeness (QED) is 0.801. The highest BCUT2D eigenvalue weighted by molar-refractivity contribution is 5.76. The molecule has 4 heteroatoms. The first kappa shape index (κ1) is 12.8. The van der Waals surface area contributed by atoms with Gasteiger partial charge in [0.15, 0.2) is 0 Å². The number of hydrogen-bond donors (Lipinski definition) is 2. The zero-order chi connectivity index (χ0) is 12.1. The van der Waals surface area contributed by atoms with Gasteiger partial charge < -0.3 is 15.5 Å². The van der Waals surface area contributed by atoms with Crippen LogP contribution < -0.4 is 11.1 Å². The molecule has 0 aromatic carbocycles. The topological polar surface area (TPSA) is 68.3 Å². The first-order valence-electron chi connectivity index (χ1n) is 5.59. The van der Waals surface area contributed by atoms with Crippen molar-refractivity contribution in [2.45, 2.75) is 39.3 Å². The molecule has 0 saturated heterocycles. The predicted molar refractivity (Wildman–Crippen MR) is 62.7 cm³/mol. The summed E-state index contributed by atoms with van der Waals surface area (Å²) in [4.78, 5) is 11.6. The summed E-state index contributed by atoms with van der Waals surface area (Å²) in [5.41, 5.74) is 5.83. The van der Waals surface area contributed by atoms with Gasteiger partial charge >= 0.3 is 0 Å². The monoisotopic (exact) mass is 224 g/mol. The van der Waals surface area contributed by atoms with Crippen molar-refractivity contribution in [2.75, 3.05) is 0 Å². The lowest BCUT2D eigenvalue weighted by atomic mass is 10.0. The minimum absolute atomic E-state index is 0.0369. The van der Waals surface area contributed by atoms with E-state index >= 15 is 0 Å². The molecular weight excluding hydrogens is 204 g/mol. The van der Waals surface area contributed by atoms with E-state index in [4.69, 9.17) is 10.2 Å². The second kappa shape index (κ2) is 5.70. The Labute approximate surface area is 96.2 Å². The number of hydrogen-bond acceptors (Lipinski definition) is 3. The number of nitrogens with one attached hydrogen (secondary N) is 1. The van der Waals surface area contributed by atoms with E-state index in [-0.39, 0.29) is 18.0 Å². The van der Waals surface area contributed by atoms with Crippen LogP contribution in [0, 0.1) is 5.92 Å². The van der Waals surface area contributed by atoms with Gasteiger partial charge in [0.2, 0.25) is 5.91 Å². The number of nitrogens with two attached hydrogens (primary N) is 1. The third-order valence-electron chi connectivity index (χ3n) is 2.62. The van der Waals surface area contributed by atoms with Crippen molar-refractivity contribution in [3.05, 3.63) is 24.2 Å². The zero-order valence-electron chi connectivity index (χ0n) is 10.1. The lowest BCUT2D eigenvalue weighted by Gasteiger charge is -2.17. The predicted octanol–water partition coefficient (Wildman–Crippen LogP) is 1.83. The van der Waals surface area contributed by atoms with Crippen LogP contribution in [0.3, 0.4) is 0 Å². The maximum absolute atomic E-state index is 11.6. The van der Waals surface area contributed by atoms with E-state index in [9.17, 15) is 4.79 Å². The smallest absolute Gasteiger partial charge is 0.222 e. The Morgan fingerprint density at radius 1 is 1.50 bits per heavy atom. The molecule has 90 valence electrons. The largest absolute Gasteiger partial charge is 0.467 e. The van der Waals surface area contributed by atoms with Gasteiger partial charge in [-0.15, -0.1) is 0 Å². The summed E-state index contributed by atoms with van der Waals surface area (Å²) in [6.45, 7) is 5.90. The van der Waals surface area contributed by atoms with Crippen LogP contribution in [-0.4, -0.2) is 11.9 Å². The molecule has 0 bridgehead atoms. The molecular formula is C12H20N2O2. The van der Waals surface area contributed by atoms with Crippen LogP contribution in [0.25, 0.3) is 0 Å². The summed E-state index contributed by atoms with van der Waals surface area (Å²) in [5.74, 6) is 1.03. The van der Waals surface area contributed by atoms with Crippen LogP contribution in [0.2, 0.25) is 0 Å². The molecule has 3 N–H and O–H groups in total. The molecule has 2 atom stereocenters. The fourth-order valence-corrected chi connectivity index (χ4v) is 1.36. The van der Waals surface area contributed by atoms with Crippen molar-refractivity contribution in [3.8, 4) is 0 Å². The first-order chi connectivity index (χ1) is 7.50. The van der Waals surface area contributed by atoms with Crippen LogP contribution in [0.15, 0.2) is 22.8 Å². The van der Waals surface area contributed by atoms with Crippen molar-refractivity contribution in [2.24, 2.45) is 11.7 Å². The number of furan rings is 1. The van der Waals surface area contributed by atoms with Gasteiger partial charge in [0, 0.05) is 12.5 Å². The molecule has 4 nitrogen and oxygen atoms in total. The summed E-state index contributed by atoms with van der Waals surface area (Å²) >= 11 is 0. The Morgan fingerprint density at radius 2 is 2.19 bits per heavy atom. The van der Waals surface area contributed by atoms with Crippen LogP contribution in [0.1, 0.15) is 39.0 Å². The Hall–Kier alpha value is -1.29. The minimum Gasteiger partial charge on any atom is -0.467 e. The molecule has 0 aliphatic rings. The summed E-state index contributed by atoms with van der Waals surface area (Å²) < 4.78 is 5.20. The van der Waals surface area contributed by atoms with Gasteiger partial charge in [0.05, 0.1) is 12.3 Å². The molecule has 0 aliphatic carbocycles. The van der Waals surface area contributed by atoms with Gasteiger partial charge in [0.1, 0.15) is 5.76 Å². The van der Waals surface area contributed by atoms with Crippen LogP contribution in [0.4, 0.5) is 0 Å². The molecule has 0 saturated carbocycles. The Bertz CT molecular complexity index is 320. The molecule has 2 unspecified atom stereocenters. The van der Waals surface area contributed by atoms with Gasteiger partial charge in [-0.2, -0.15) is 0 Å². The SMILES string of the molecule is CC(NC(=O)CC(N)C(C)C)c1ccco1. The lowest BCUT2D eigenvalue weighted by Crippen LogP contribution is -2.35. The molecule has 1 aromatic rings. The Kier molecular flexibility index (Phi) is 4.55. The lowest BCUT2D eigenvalue weighted by molar-refractivity contribution is -0.122. The van der Waals surface area contributed by atoms with Gasteiger partial charge in [-0.05, 0) is 25.0 Å². The maximum Gasteiger partial charge on any atom is 0.222 e. The second-order valence-corrected chi connectivity index (χ2v) is 4.42. The van der Waals surface area contributed by atoms with E-state index in [1.165, 1.54) is 0 Å². The normalized spacial score (nSPS) is 14.8. The molecule has 1 amide bonds. The van der Waals surface area contributed by atoms with Crippen molar-refractivity contribution in [3.63, 3.8) is 0 Å². The van der Waals surface area contributed by atoms with Crippen molar-refractivity contribution in [1.82, 2.24) is 5.32 Å². The number of carbonyl (C=O) groups is 1. The van der Waals surface area contributed by atoms with E-state index in [0.717, 1.165) is 5.76 Å². The second-order valence-electron chi connectivity index (χ2n) is 4.42. The third kappa shape index (κ3) is 3.70. The van der Waals surface area contributed by atoms with Crippen molar-refractivity contribution >= 4 is 5.91 Å². The summed E-state index contributed by atoms with van der Waals surface area (Å²) in [6.07, 6.45) is 1.94. The van der Waals surface area contributed by atoms with Crippen molar-refractivity contribution in [1.29, 1.82) is 0 Å². The summed E-state index contributed by atoms with van der Waals surface area (Å²) in [5, 5.41) is 2.86. The highest BCUT2D eigenvalue weighted by Gasteiger charge is 2.16. The van der Waals surface area contributed by atoms with E-state index in [0.29, 0.717) is 12.3 Å². The average molecular weight is 224 g/mol. The molecule has 1 aromatic heterocycles. The molecule has 1 rings (SSSR count). The van der Waals surface area contributed by atoms with E-state index in [1.54, 1.807) is 12.3 Å². The van der Waals surface area contributed by atoms with Gasteiger partial charge in [-0.1, -0.05) is 13.8 Å². The van der Waals surface area contributed by atoms with Crippen LogP contribution >= 0.6 is 0 Å². The fourth-order valence-electron chi connectivity index (χ4n) is 1.36. The number of amides is 1. The van der Waals surface area contributed by atoms with Gasteiger partial charge in [-0.3, -0.25) is 4.79 Å². The van der Waals surface area contributed by atoms with E-state index in [1.807, 2.05) is 26.8 Å². The van der Waals surface area contributed by atoms with Crippen LogP contribution in [-0.2, 0) is 4.79 Å².